The van der Waals surface area contributed by atoms with Gasteiger partial charge in [0.25, 0.3) is 0 Å². The Balaban J connectivity index is 1.95. The first-order valence-electron chi connectivity index (χ1n) is 7.55. The number of hydrogen-bond donors (Lipinski definition) is 0. The zero-order valence-electron chi connectivity index (χ0n) is 13.6. The van der Waals surface area contributed by atoms with Gasteiger partial charge in [0.2, 0.25) is 0 Å². The molecular weight excluding hydrogens is 282 g/mol. The molecule has 1 heterocycles. The van der Waals surface area contributed by atoms with Crippen LogP contribution in [-0.4, -0.2) is 42.3 Å². The molecule has 1 fully saturated rings. The third-order valence-electron chi connectivity index (χ3n) is 3.40. The van der Waals surface area contributed by atoms with Gasteiger partial charge in [-0.25, -0.2) is 9.59 Å². The molecule has 0 spiro atoms. The van der Waals surface area contributed by atoms with E-state index in [-0.39, 0.29) is 18.0 Å². The summed E-state index contributed by atoms with van der Waals surface area (Å²) in [6, 6.07) is 7.40. The summed E-state index contributed by atoms with van der Waals surface area (Å²) in [6.07, 6.45) is -0.287. The molecule has 1 aromatic carbocycles. The fourth-order valence-corrected chi connectivity index (χ4v) is 2.30. The Morgan fingerprint density at radius 3 is 2.55 bits per heavy atom. The number of rotatable bonds is 3. The van der Waals surface area contributed by atoms with E-state index < -0.39 is 5.60 Å². The molecule has 1 amide bonds. The molecule has 1 aliphatic rings. The topological polar surface area (TPSA) is 55.8 Å². The molecule has 0 unspecified atom stereocenters. The van der Waals surface area contributed by atoms with E-state index in [0.29, 0.717) is 25.3 Å². The lowest BCUT2D eigenvalue weighted by atomic mass is 9.91. The fourth-order valence-electron chi connectivity index (χ4n) is 2.30. The first kappa shape index (κ1) is 16.3. The summed E-state index contributed by atoms with van der Waals surface area (Å²) < 4.78 is 10.3. The Labute approximate surface area is 131 Å². The number of carbonyl (C=O) groups excluding carboxylic acids is 2. The van der Waals surface area contributed by atoms with Crippen molar-refractivity contribution in [1.29, 1.82) is 0 Å². The smallest absolute Gasteiger partial charge is 0.410 e. The number of esters is 1. The lowest BCUT2D eigenvalue weighted by molar-refractivity contribution is 0.00813. The minimum Gasteiger partial charge on any atom is -0.462 e. The second-order valence-corrected chi connectivity index (χ2v) is 6.43. The van der Waals surface area contributed by atoms with E-state index in [1.54, 1.807) is 17.9 Å². The van der Waals surface area contributed by atoms with Gasteiger partial charge < -0.3 is 14.4 Å². The third kappa shape index (κ3) is 4.00. The molecule has 2 rings (SSSR count). The van der Waals surface area contributed by atoms with Crippen molar-refractivity contribution in [1.82, 2.24) is 4.90 Å². The van der Waals surface area contributed by atoms with Gasteiger partial charge in [-0.3, -0.25) is 0 Å². The number of likely N-dealkylation sites (tertiary alicyclic amines) is 1. The second kappa shape index (κ2) is 6.38. The van der Waals surface area contributed by atoms with Gasteiger partial charge in [-0.1, -0.05) is 12.1 Å². The summed E-state index contributed by atoms with van der Waals surface area (Å²) >= 11 is 0. The minimum absolute atomic E-state index is 0.238. The number of hydrogen-bond acceptors (Lipinski definition) is 4. The van der Waals surface area contributed by atoms with Crippen LogP contribution in [0.3, 0.4) is 0 Å². The van der Waals surface area contributed by atoms with E-state index in [4.69, 9.17) is 9.47 Å². The van der Waals surface area contributed by atoms with Crippen molar-refractivity contribution >= 4 is 12.1 Å². The molecule has 0 aliphatic carbocycles. The maximum absolute atomic E-state index is 11.9. The Kier molecular flexibility index (Phi) is 4.74. The predicted octanol–water partition coefficient (Wildman–Crippen LogP) is 3.20. The van der Waals surface area contributed by atoms with Crippen molar-refractivity contribution in [3.8, 4) is 0 Å². The zero-order chi connectivity index (χ0) is 16.3. The van der Waals surface area contributed by atoms with Gasteiger partial charge in [-0.05, 0) is 45.4 Å². The Hall–Kier alpha value is -2.04. The highest BCUT2D eigenvalue weighted by atomic mass is 16.6. The number of amides is 1. The van der Waals surface area contributed by atoms with Crippen LogP contribution in [0.1, 0.15) is 49.5 Å². The van der Waals surface area contributed by atoms with Crippen LogP contribution in [-0.2, 0) is 9.47 Å². The van der Waals surface area contributed by atoms with Crippen LogP contribution in [0.15, 0.2) is 24.3 Å². The molecule has 0 radical (unpaired) electrons. The van der Waals surface area contributed by atoms with Gasteiger partial charge in [0, 0.05) is 19.0 Å². The van der Waals surface area contributed by atoms with E-state index in [9.17, 15) is 9.59 Å². The van der Waals surface area contributed by atoms with Crippen LogP contribution in [0, 0.1) is 0 Å². The molecule has 1 saturated heterocycles. The van der Waals surface area contributed by atoms with E-state index in [1.807, 2.05) is 39.0 Å². The number of nitrogens with zero attached hydrogens (tertiary/aromatic N) is 1. The molecule has 0 aromatic heterocycles. The van der Waals surface area contributed by atoms with Gasteiger partial charge in [0.1, 0.15) is 5.60 Å². The van der Waals surface area contributed by atoms with Crippen molar-refractivity contribution < 1.29 is 19.1 Å². The molecule has 5 heteroatoms. The summed E-state index contributed by atoms with van der Waals surface area (Å²) in [4.78, 5) is 25.3. The normalized spacial score (nSPS) is 15.2. The maximum Gasteiger partial charge on any atom is 0.410 e. The lowest BCUT2D eigenvalue weighted by Gasteiger charge is -2.40. The maximum atomic E-state index is 11.9. The van der Waals surface area contributed by atoms with Crippen LogP contribution < -0.4 is 0 Å². The Morgan fingerprint density at radius 2 is 1.95 bits per heavy atom. The van der Waals surface area contributed by atoms with Crippen molar-refractivity contribution in [2.75, 3.05) is 19.7 Å². The van der Waals surface area contributed by atoms with Gasteiger partial charge in [0.05, 0.1) is 12.2 Å². The van der Waals surface area contributed by atoms with Crippen LogP contribution in [0.5, 0.6) is 0 Å². The summed E-state index contributed by atoms with van der Waals surface area (Å²) in [5.41, 5.74) is 1.12. The van der Waals surface area contributed by atoms with Crippen molar-refractivity contribution in [3.63, 3.8) is 0 Å². The Morgan fingerprint density at radius 1 is 1.27 bits per heavy atom. The first-order chi connectivity index (χ1) is 10.3. The van der Waals surface area contributed by atoms with E-state index >= 15 is 0 Å². The Bertz CT molecular complexity index is 556. The van der Waals surface area contributed by atoms with Gasteiger partial charge >= 0.3 is 12.1 Å². The first-order valence-corrected chi connectivity index (χ1v) is 7.55. The van der Waals surface area contributed by atoms with Crippen LogP contribution in [0.4, 0.5) is 4.79 Å². The summed E-state index contributed by atoms with van der Waals surface area (Å²) in [5, 5.41) is 0. The van der Waals surface area contributed by atoms with Gasteiger partial charge in [-0.2, -0.15) is 0 Å². The zero-order valence-corrected chi connectivity index (χ0v) is 13.6. The van der Waals surface area contributed by atoms with Gasteiger partial charge in [-0.15, -0.1) is 0 Å². The average molecular weight is 305 g/mol. The summed E-state index contributed by atoms with van der Waals surface area (Å²) in [7, 11) is 0. The molecule has 1 aromatic rings. The highest BCUT2D eigenvalue weighted by Gasteiger charge is 2.34. The van der Waals surface area contributed by atoms with Crippen LogP contribution in [0.2, 0.25) is 0 Å². The van der Waals surface area contributed by atoms with E-state index in [2.05, 4.69) is 0 Å². The SMILES string of the molecule is CCOC(=O)c1cccc(C2CN(C(=O)OC(C)(C)C)C2)c1. The molecule has 0 bridgehead atoms. The average Bonchev–Trinajstić information content (AvgIpc) is 2.35. The standard InChI is InChI=1S/C17H23NO4/c1-5-21-15(19)13-8-6-7-12(9-13)14-10-18(11-14)16(20)22-17(2,3)4/h6-9,14H,5,10-11H2,1-4H3. The van der Waals surface area contributed by atoms with E-state index in [0.717, 1.165) is 5.56 Å². The second-order valence-electron chi connectivity index (χ2n) is 6.43. The number of carbonyl (C=O) groups is 2. The molecule has 1 aliphatic heterocycles. The largest absolute Gasteiger partial charge is 0.462 e. The van der Waals surface area contributed by atoms with Crippen molar-refractivity contribution in [2.24, 2.45) is 0 Å². The monoisotopic (exact) mass is 305 g/mol. The van der Waals surface area contributed by atoms with Gasteiger partial charge in [0.15, 0.2) is 0 Å². The van der Waals surface area contributed by atoms with Crippen molar-refractivity contribution in [2.45, 2.75) is 39.2 Å². The molecular formula is C17H23NO4. The van der Waals surface area contributed by atoms with Crippen LogP contribution in [0.25, 0.3) is 0 Å². The third-order valence-corrected chi connectivity index (χ3v) is 3.40. The molecule has 5 nitrogen and oxygen atoms in total. The highest BCUT2D eigenvalue weighted by molar-refractivity contribution is 5.89. The fraction of sp³-hybridized carbons (Fsp3) is 0.529. The molecule has 120 valence electrons. The summed E-state index contributed by atoms with van der Waals surface area (Å²) in [6.45, 7) is 8.93. The van der Waals surface area contributed by atoms with E-state index in [1.165, 1.54) is 0 Å². The molecule has 22 heavy (non-hydrogen) atoms. The number of benzene rings is 1. The molecule has 0 atom stereocenters. The summed E-state index contributed by atoms with van der Waals surface area (Å²) in [5.74, 6) is -0.0745. The quantitative estimate of drug-likeness (QED) is 0.805. The lowest BCUT2D eigenvalue weighted by Crippen LogP contribution is -2.50. The van der Waals surface area contributed by atoms with Crippen molar-refractivity contribution in [3.05, 3.63) is 35.4 Å². The molecule has 0 N–H and O–H groups in total. The van der Waals surface area contributed by atoms with Crippen LogP contribution >= 0.6 is 0 Å². The highest BCUT2D eigenvalue weighted by Crippen LogP contribution is 2.29. The molecule has 0 saturated carbocycles. The minimum atomic E-state index is -0.480. The predicted molar refractivity (Wildman–Crippen MR) is 82.9 cm³/mol. The number of ether oxygens (including phenoxy) is 2.